The number of para-hydroxylation sites is 1. The van der Waals surface area contributed by atoms with Crippen molar-refractivity contribution in [2.24, 2.45) is 0 Å². The number of fused-ring (bicyclic) bond motifs is 1. The number of hydrogen-bond donors (Lipinski definition) is 2. The van der Waals surface area contributed by atoms with Crippen LogP contribution < -0.4 is 29.6 Å². The van der Waals surface area contributed by atoms with Crippen molar-refractivity contribution in [2.75, 3.05) is 39.1 Å². The highest BCUT2D eigenvalue weighted by Gasteiger charge is 2.18. The number of carbonyl (C=O) groups excluding carboxylic acids is 1. The largest absolute Gasteiger partial charge is 0.497 e. The van der Waals surface area contributed by atoms with Crippen molar-refractivity contribution in [3.8, 4) is 23.0 Å². The lowest BCUT2D eigenvalue weighted by Crippen LogP contribution is -2.15. The molecule has 8 heteroatoms. The van der Waals surface area contributed by atoms with Crippen molar-refractivity contribution < 1.29 is 23.7 Å². The Bertz CT molecular complexity index is 1300. The Morgan fingerprint density at radius 3 is 2.06 bits per heavy atom. The molecule has 1 aromatic heterocycles. The minimum Gasteiger partial charge on any atom is -0.497 e. The number of pyridine rings is 1. The topological polar surface area (TPSA) is 90.9 Å². The van der Waals surface area contributed by atoms with Gasteiger partial charge in [-0.3, -0.25) is 4.79 Å². The zero-order valence-corrected chi connectivity index (χ0v) is 19.3. The van der Waals surface area contributed by atoms with Gasteiger partial charge in [0, 0.05) is 28.9 Å². The van der Waals surface area contributed by atoms with Crippen molar-refractivity contribution >= 4 is 34.0 Å². The number of benzene rings is 3. The van der Waals surface area contributed by atoms with Gasteiger partial charge in [-0.15, -0.1) is 0 Å². The van der Waals surface area contributed by atoms with Crippen LogP contribution in [0.1, 0.15) is 10.4 Å². The molecule has 4 aromatic rings. The molecular weight excluding hydrogens is 434 g/mol. The number of aromatic nitrogens is 1. The molecule has 0 saturated carbocycles. The van der Waals surface area contributed by atoms with E-state index in [-0.39, 0.29) is 5.91 Å². The Hall–Kier alpha value is -4.46. The molecule has 0 saturated heterocycles. The number of anilines is 3. The van der Waals surface area contributed by atoms with Crippen LogP contribution in [0.15, 0.2) is 66.7 Å². The Morgan fingerprint density at radius 2 is 1.44 bits per heavy atom. The van der Waals surface area contributed by atoms with Crippen LogP contribution in [-0.4, -0.2) is 39.3 Å². The minimum atomic E-state index is -0.307. The number of hydrogen-bond acceptors (Lipinski definition) is 7. The number of amides is 1. The normalized spacial score (nSPS) is 10.5. The van der Waals surface area contributed by atoms with Crippen molar-refractivity contribution in [2.45, 2.75) is 0 Å². The maximum atomic E-state index is 13.3. The van der Waals surface area contributed by atoms with E-state index in [0.29, 0.717) is 45.8 Å². The first-order valence-corrected chi connectivity index (χ1v) is 10.5. The maximum absolute atomic E-state index is 13.3. The molecule has 3 aromatic carbocycles. The molecule has 0 radical (unpaired) electrons. The first-order valence-electron chi connectivity index (χ1n) is 10.5. The predicted molar refractivity (Wildman–Crippen MR) is 132 cm³/mol. The Kier molecular flexibility index (Phi) is 6.68. The Balaban J connectivity index is 1.74. The molecule has 0 fully saturated rings. The highest BCUT2D eigenvalue weighted by molar-refractivity contribution is 6.10. The predicted octanol–water partition coefficient (Wildman–Crippen LogP) is 5.27. The second-order valence-corrected chi connectivity index (χ2v) is 7.30. The van der Waals surface area contributed by atoms with E-state index in [4.69, 9.17) is 23.9 Å². The van der Waals surface area contributed by atoms with E-state index in [2.05, 4.69) is 10.6 Å². The fraction of sp³-hybridized carbons (Fsp3) is 0.154. The fourth-order valence-electron chi connectivity index (χ4n) is 3.55. The van der Waals surface area contributed by atoms with Crippen LogP contribution in [0.25, 0.3) is 10.9 Å². The van der Waals surface area contributed by atoms with E-state index in [0.717, 1.165) is 10.9 Å². The molecular formula is C26H25N3O5. The van der Waals surface area contributed by atoms with Gasteiger partial charge in [0.05, 0.1) is 39.5 Å². The van der Waals surface area contributed by atoms with Crippen LogP contribution in [0.2, 0.25) is 0 Å². The van der Waals surface area contributed by atoms with Crippen LogP contribution in [0.5, 0.6) is 23.0 Å². The molecule has 0 atom stereocenters. The second-order valence-electron chi connectivity index (χ2n) is 7.30. The van der Waals surface area contributed by atoms with Crippen molar-refractivity contribution in [1.29, 1.82) is 0 Å². The summed E-state index contributed by atoms with van der Waals surface area (Å²) in [5.41, 5.74) is 2.38. The summed E-state index contributed by atoms with van der Waals surface area (Å²) in [5.74, 6) is 2.22. The van der Waals surface area contributed by atoms with E-state index in [9.17, 15) is 4.79 Å². The first-order chi connectivity index (χ1) is 16.6. The van der Waals surface area contributed by atoms with E-state index in [1.54, 1.807) is 64.8 Å². The molecule has 0 aliphatic heterocycles. The molecule has 0 spiro atoms. The molecule has 1 amide bonds. The zero-order valence-electron chi connectivity index (χ0n) is 19.3. The van der Waals surface area contributed by atoms with E-state index >= 15 is 0 Å². The monoisotopic (exact) mass is 459 g/mol. The molecule has 0 unspecified atom stereocenters. The molecule has 0 bridgehead atoms. The SMILES string of the molecule is COc1ccc(NC(=O)c2cc3ccccc3nc2Nc2cc(OC)c(OC)c(OC)c2)cc1. The number of rotatable bonds is 8. The lowest BCUT2D eigenvalue weighted by molar-refractivity contribution is 0.102. The Labute approximate surface area is 197 Å². The number of nitrogens with one attached hydrogen (secondary N) is 2. The summed E-state index contributed by atoms with van der Waals surface area (Å²) in [6.07, 6.45) is 0. The summed E-state index contributed by atoms with van der Waals surface area (Å²) < 4.78 is 21.5. The molecule has 4 rings (SSSR count). The van der Waals surface area contributed by atoms with E-state index in [1.807, 2.05) is 30.3 Å². The second kappa shape index (κ2) is 9.99. The highest BCUT2D eigenvalue weighted by atomic mass is 16.5. The summed E-state index contributed by atoms with van der Waals surface area (Å²) in [5, 5.41) is 7.01. The van der Waals surface area contributed by atoms with Crippen LogP contribution in [0.3, 0.4) is 0 Å². The van der Waals surface area contributed by atoms with Crippen LogP contribution >= 0.6 is 0 Å². The van der Waals surface area contributed by atoms with Gasteiger partial charge in [-0.2, -0.15) is 0 Å². The number of methoxy groups -OCH3 is 4. The van der Waals surface area contributed by atoms with Gasteiger partial charge in [-0.05, 0) is 36.4 Å². The summed E-state index contributed by atoms with van der Waals surface area (Å²) in [6, 6.07) is 20.0. The van der Waals surface area contributed by atoms with Gasteiger partial charge in [0.1, 0.15) is 11.6 Å². The summed E-state index contributed by atoms with van der Waals surface area (Å²) in [6.45, 7) is 0. The van der Waals surface area contributed by atoms with Gasteiger partial charge in [0.2, 0.25) is 5.75 Å². The van der Waals surface area contributed by atoms with Crippen LogP contribution in [-0.2, 0) is 0 Å². The third kappa shape index (κ3) is 4.66. The van der Waals surface area contributed by atoms with Crippen LogP contribution in [0, 0.1) is 0 Å². The lowest BCUT2D eigenvalue weighted by atomic mass is 10.1. The van der Waals surface area contributed by atoms with Gasteiger partial charge in [0.15, 0.2) is 11.5 Å². The summed E-state index contributed by atoms with van der Waals surface area (Å²) >= 11 is 0. The highest BCUT2D eigenvalue weighted by Crippen LogP contribution is 2.41. The standard InChI is InChI=1S/C26H25N3O5/c1-31-19-11-9-17(10-12-19)28-26(30)20-13-16-7-5-6-8-21(16)29-25(20)27-18-14-22(32-2)24(34-4)23(15-18)33-3/h5-15H,1-4H3,(H,27,29)(H,28,30). The average molecular weight is 460 g/mol. The molecule has 0 aliphatic carbocycles. The first kappa shape index (κ1) is 22.7. The lowest BCUT2D eigenvalue weighted by Gasteiger charge is -2.17. The van der Waals surface area contributed by atoms with E-state index < -0.39 is 0 Å². The molecule has 8 nitrogen and oxygen atoms in total. The molecule has 2 N–H and O–H groups in total. The third-order valence-electron chi connectivity index (χ3n) is 5.24. The fourth-order valence-corrected chi connectivity index (χ4v) is 3.55. The van der Waals surface area contributed by atoms with Crippen molar-refractivity contribution in [3.63, 3.8) is 0 Å². The van der Waals surface area contributed by atoms with Gasteiger partial charge in [0.25, 0.3) is 5.91 Å². The Morgan fingerprint density at radius 1 is 0.765 bits per heavy atom. The van der Waals surface area contributed by atoms with Crippen molar-refractivity contribution in [3.05, 3.63) is 72.3 Å². The maximum Gasteiger partial charge on any atom is 0.259 e. The third-order valence-corrected chi connectivity index (χ3v) is 5.24. The number of carbonyl (C=O) groups is 1. The van der Waals surface area contributed by atoms with Crippen LogP contribution in [0.4, 0.5) is 17.2 Å². The molecule has 174 valence electrons. The van der Waals surface area contributed by atoms with Gasteiger partial charge in [-0.25, -0.2) is 4.98 Å². The quantitative estimate of drug-likeness (QED) is 0.371. The van der Waals surface area contributed by atoms with Gasteiger partial charge < -0.3 is 29.6 Å². The zero-order chi connectivity index (χ0) is 24.1. The molecule has 0 aliphatic rings. The number of nitrogens with zero attached hydrogens (tertiary/aromatic N) is 1. The molecule has 1 heterocycles. The minimum absolute atomic E-state index is 0.307. The van der Waals surface area contributed by atoms with Gasteiger partial charge in [-0.1, -0.05) is 18.2 Å². The van der Waals surface area contributed by atoms with E-state index in [1.165, 1.54) is 0 Å². The smallest absolute Gasteiger partial charge is 0.259 e. The van der Waals surface area contributed by atoms with Crippen molar-refractivity contribution in [1.82, 2.24) is 4.98 Å². The summed E-state index contributed by atoms with van der Waals surface area (Å²) in [4.78, 5) is 18.0. The number of ether oxygens (including phenoxy) is 4. The molecule has 34 heavy (non-hydrogen) atoms. The summed E-state index contributed by atoms with van der Waals surface area (Å²) in [7, 11) is 6.22. The average Bonchev–Trinajstić information content (AvgIpc) is 2.88. The van der Waals surface area contributed by atoms with Gasteiger partial charge >= 0.3 is 0 Å².